The fourth-order valence-corrected chi connectivity index (χ4v) is 3.23. The number of carbonyl (C=O) groups excluding carboxylic acids is 1. The van der Waals surface area contributed by atoms with Gasteiger partial charge in [-0.2, -0.15) is 0 Å². The summed E-state index contributed by atoms with van der Waals surface area (Å²) in [5, 5.41) is 11.7. The Kier molecular flexibility index (Phi) is 5.45. The molecule has 3 rings (SSSR count). The number of hydrogen-bond donors (Lipinski definition) is 1. The summed E-state index contributed by atoms with van der Waals surface area (Å²) in [6.45, 7) is 4.08. The van der Waals surface area contributed by atoms with Gasteiger partial charge in [0.2, 0.25) is 5.91 Å². The Morgan fingerprint density at radius 2 is 2.16 bits per heavy atom. The van der Waals surface area contributed by atoms with Crippen LogP contribution in [0.15, 0.2) is 54.2 Å². The summed E-state index contributed by atoms with van der Waals surface area (Å²) < 4.78 is 1.82. The molecule has 0 saturated heterocycles. The topological polar surface area (TPSA) is 72.7 Å². The smallest absolute Gasteiger partial charge is 0.234 e. The second-order valence-electron chi connectivity index (χ2n) is 5.49. The van der Waals surface area contributed by atoms with E-state index in [1.807, 2.05) is 41.8 Å². The molecule has 0 aliphatic rings. The summed E-state index contributed by atoms with van der Waals surface area (Å²) in [6.07, 6.45) is 5.93. The van der Waals surface area contributed by atoms with Gasteiger partial charge in [-0.25, -0.2) is 0 Å². The quantitative estimate of drug-likeness (QED) is 0.689. The maximum atomic E-state index is 12.4. The van der Waals surface area contributed by atoms with Crippen LogP contribution >= 0.6 is 11.8 Å². The predicted octanol–water partition coefficient (Wildman–Crippen LogP) is 3.26. The average molecular weight is 353 g/mol. The molecule has 6 nitrogen and oxygen atoms in total. The van der Waals surface area contributed by atoms with E-state index in [0.29, 0.717) is 5.16 Å². The van der Waals surface area contributed by atoms with Gasteiger partial charge in [0.15, 0.2) is 5.16 Å². The number of nitrogens with one attached hydrogen (secondary N) is 1. The van der Waals surface area contributed by atoms with E-state index >= 15 is 0 Å². The lowest BCUT2D eigenvalue weighted by atomic mass is 10.1. The summed E-state index contributed by atoms with van der Waals surface area (Å²) in [5.74, 6) is 0.200. The van der Waals surface area contributed by atoms with Crippen molar-refractivity contribution in [1.82, 2.24) is 19.7 Å². The number of nitrogens with zero attached hydrogens (tertiary/aromatic N) is 4. The minimum Gasteiger partial charge on any atom is -0.325 e. The number of thioether (sulfide) groups is 1. The number of benzene rings is 1. The molecule has 1 aromatic carbocycles. The Bertz CT molecular complexity index is 863. The fourth-order valence-electron chi connectivity index (χ4n) is 2.50. The van der Waals surface area contributed by atoms with Gasteiger partial charge in [0.05, 0.1) is 17.6 Å². The number of rotatable bonds is 6. The number of carbonyl (C=O) groups is 1. The zero-order valence-corrected chi connectivity index (χ0v) is 15.0. The van der Waals surface area contributed by atoms with E-state index in [9.17, 15) is 4.79 Å². The number of para-hydroxylation sites is 1. The summed E-state index contributed by atoms with van der Waals surface area (Å²) in [6, 6.07) is 9.81. The van der Waals surface area contributed by atoms with Crippen LogP contribution < -0.4 is 5.32 Å². The first-order valence-electron chi connectivity index (χ1n) is 8.00. The maximum Gasteiger partial charge on any atom is 0.234 e. The molecule has 2 aromatic heterocycles. The first-order chi connectivity index (χ1) is 12.2. The van der Waals surface area contributed by atoms with Crippen LogP contribution in [0, 0.1) is 6.92 Å². The van der Waals surface area contributed by atoms with Gasteiger partial charge in [-0.1, -0.05) is 36.9 Å². The van der Waals surface area contributed by atoms with E-state index in [2.05, 4.69) is 27.4 Å². The van der Waals surface area contributed by atoms with Crippen molar-refractivity contribution < 1.29 is 4.79 Å². The third-order valence-corrected chi connectivity index (χ3v) is 4.72. The summed E-state index contributed by atoms with van der Waals surface area (Å²) >= 11 is 1.34. The first-order valence-corrected chi connectivity index (χ1v) is 8.99. The van der Waals surface area contributed by atoms with Crippen molar-refractivity contribution in [2.24, 2.45) is 0 Å². The largest absolute Gasteiger partial charge is 0.325 e. The third kappa shape index (κ3) is 4.06. The predicted molar refractivity (Wildman–Crippen MR) is 99.1 cm³/mol. The highest BCUT2D eigenvalue weighted by atomic mass is 32.2. The fraction of sp³-hybridized carbons (Fsp3) is 0.222. The minimum atomic E-state index is -0.0604. The zero-order valence-electron chi connectivity index (χ0n) is 14.1. The summed E-state index contributed by atoms with van der Waals surface area (Å²) in [4.78, 5) is 16.5. The van der Waals surface area contributed by atoms with Crippen LogP contribution in [0.5, 0.6) is 0 Å². The molecule has 0 fully saturated rings. The van der Waals surface area contributed by atoms with Crippen LogP contribution in [0.2, 0.25) is 0 Å². The van der Waals surface area contributed by atoms with Crippen molar-refractivity contribution in [3.8, 4) is 5.69 Å². The van der Waals surface area contributed by atoms with Crippen molar-refractivity contribution in [3.63, 3.8) is 0 Å². The minimum absolute atomic E-state index is 0.0604. The molecule has 0 radical (unpaired) electrons. The van der Waals surface area contributed by atoms with Crippen LogP contribution in [0.4, 0.5) is 5.69 Å². The standard InChI is InChI=1S/C18H19N5OS/c1-3-14-7-4-6-13(2)17(14)21-16(24)11-25-18-22-20-12-23(18)15-8-5-9-19-10-15/h4-10,12H,3,11H2,1-2H3,(H,21,24). The lowest BCUT2D eigenvalue weighted by Gasteiger charge is -2.12. The molecule has 0 unspecified atom stereocenters. The Morgan fingerprint density at radius 3 is 2.92 bits per heavy atom. The van der Waals surface area contributed by atoms with Crippen molar-refractivity contribution >= 4 is 23.4 Å². The molecule has 0 saturated carbocycles. The highest BCUT2D eigenvalue weighted by Gasteiger charge is 2.12. The Labute approximate surface area is 150 Å². The van der Waals surface area contributed by atoms with E-state index in [0.717, 1.165) is 28.9 Å². The molecular weight excluding hydrogens is 334 g/mol. The van der Waals surface area contributed by atoms with Crippen LogP contribution in [0.1, 0.15) is 18.1 Å². The second kappa shape index (κ2) is 7.94. The maximum absolute atomic E-state index is 12.4. The number of amides is 1. The molecule has 0 bridgehead atoms. The first kappa shape index (κ1) is 17.2. The van der Waals surface area contributed by atoms with Crippen LogP contribution in [0.25, 0.3) is 5.69 Å². The number of pyridine rings is 1. The second-order valence-corrected chi connectivity index (χ2v) is 6.44. The highest BCUT2D eigenvalue weighted by Crippen LogP contribution is 2.23. The van der Waals surface area contributed by atoms with Crippen molar-refractivity contribution in [3.05, 3.63) is 60.2 Å². The molecular formula is C18H19N5OS. The van der Waals surface area contributed by atoms with Crippen LogP contribution in [0.3, 0.4) is 0 Å². The Hall–Kier alpha value is -2.67. The molecule has 0 aliphatic carbocycles. The molecule has 0 aliphatic heterocycles. The molecule has 0 spiro atoms. The zero-order chi connectivity index (χ0) is 17.6. The normalized spacial score (nSPS) is 10.6. The van der Waals surface area contributed by atoms with Crippen molar-refractivity contribution in [1.29, 1.82) is 0 Å². The van der Waals surface area contributed by atoms with Gasteiger partial charge in [0.25, 0.3) is 0 Å². The van der Waals surface area contributed by atoms with Gasteiger partial charge in [-0.15, -0.1) is 10.2 Å². The summed E-state index contributed by atoms with van der Waals surface area (Å²) in [5.41, 5.74) is 3.97. The van der Waals surface area contributed by atoms with E-state index in [1.54, 1.807) is 18.7 Å². The van der Waals surface area contributed by atoms with Gasteiger partial charge in [-0.3, -0.25) is 14.3 Å². The lowest BCUT2D eigenvalue weighted by Crippen LogP contribution is -2.16. The monoisotopic (exact) mass is 353 g/mol. The van der Waals surface area contributed by atoms with Gasteiger partial charge in [0.1, 0.15) is 6.33 Å². The van der Waals surface area contributed by atoms with E-state index in [4.69, 9.17) is 0 Å². The molecule has 1 N–H and O–H groups in total. The van der Waals surface area contributed by atoms with Gasteiger partial charge in [0, 0.05) is 11.9 Å². The molecule has 25 heavy (non-hydrogen) atoms. The molecule has 0 atom stereocenters. The van der Waals surface area contributed by atoms with Crippen LogP contribution in [-0.4, -0.2) is 31.4 Å². The molecule has 2 heterocycles. The number of aryl methyl sites for hydroxylation is 2. The summed E-state index contributed by atoms with van der Waals surface area (Å²) in [7, 11) is 0. The van der Waals surface area contributed by atoms with E-state index in [-0.39, 0.29) is 11.7 Å². The number of aromatic nitrogens is 4. The van der Waals surface area contributed by atoms with Crippen LogP contribution in [-0.2, 0) is 11.2 Å². The third-order valence-electron chi connectivity index (χ3n) is 3.78. The van der Waals surface area contributed by atoms with Crippen molar-refractivity contribution in [2.45, 2.75) is 25.4 Å². The Balaban J connectivity index is 1.68. The number of hydrogen-bond acceptors (Lipinski definition) is 5. The van der Waals surface area contributed by atoms with E-state index < -0.39 is 0 Å². The number of anilines is 1. The average Bonchev–Trinajstić information content (AvgIpc) is 3.11. The molecule has 7 heteroatoms. The van der Waals surface area contributed by atoms with Gasteiger partial charge < -0.3 is 5.32 Å². The van der Waals surface area contributed by atoms with Crippen molar-refractivity contribution in [2.75, 3.05) is 11.1 Å². The van der Waals surface area contributed by atoms with Gasteiger partial charge >= 0.3 is 0 Å². The Morgan fingerprint density at radius 1 is 1.28 bits per heavy atom. The lowest BCUT2D eigenvalue weighted by molar-refractivity contribution is -0.113. The molecule has 3 aromatic rings. The van der Waals surface area contributed by atoms with Gasteiger partial charge in [-0.05, 0) is 36.6 Å². The highest BCUT2D eigenvalue weighted by molar-refractivity contribution is 7.99. The molecule has 1 amide bonds. The molecule has 128 valence electrons. The van der Waals surface area contributed by atoms with E-state index in [1.165, 1.54) is 11.8 Å². The SMILES string of the molecule is CCc1cccc(C)c1NC(=O)CSc1nncn1-c1cccnc1.